The molecule has 1 aromatic rings. The van der Waals surface area contributed by atoms with Gasteiger partial charge in [0.15, 0.2) is 6.61 Å². The van der Waals surface area contributed by atoms with Gasteiger partial charge in [-0.2, -0.15) is 5.26 Å². The number of nitrogens with one attached hydrogen (secondary N) is 1. The van der Waals surface area contributed by atoms with Crippen molar-refractivity contribution in [2.45, 2.75) is 25.8 Å². The quantitative estimate of drug-likeness (QED) is 0.882. The van der Waals surface area contributed by atoms with E-state index >= 15 is 0 Å². The van der Waals surface area contributed by atoms with E-state index in [0.29, 0.717) is 6.04 Å². The van der Waals surface area contributed by atoms with Gasteiger partial charge < -0.3 is 15.0 Å². The third-order valence-corrected chi connectivity index (χ3v) is 3.54. The first-order chi connectivity index (χ1) is 9.31. The number of hydrogen-bond acceptors (Lipinski definition) is 4. The standard InChI is InChI=1S/C15H21N3O/c1-2-18-9-6-13(7-10-18)17-14-4-3-5-15(12-14)19-11-8-16/h3-5,12-13,17H,2,6-7,9-11H2,1H3. The summed E-state index contributed by atoms with van der Waals surface area (Å²) >= 11 is 0. The summed E-state index contributed by atoms with van der Waals surface area (Å²) in [5.74, 6) is 0.748. The Hall–Kier alpha value is -1.73. The summed E-state index contributed by atoms with van der Waals surface area (Å²) in [7, 11) is 0. The highest BCUT2D eigenvalue weighted by molar-refractivity contribution is 5.49. The zero-order valence-corrected chi connectivity index (χ0v) is 11.4. The first-order valence-electron chi connectivity index (χ1n) is 6.90. The van der Waals surface area contributed by atoms with E-state index in [1.54, 1.807) is 0 Å². The number of hydrogen-bond donors (Lipinski definition) is 1. The number of nitriles is 1. The van der Waals surface area contributed by atoms with Crippen molar-refractivity contribution in [1.29, 1.82) is 5.26 Å². The first-order valence-corrected chi connectivity index (χ1v) is 6.90. The number of anilines is 1. The third-order valence-electron chi connectivity index (χ3n) is 3.54. The van der Waals surface area contributed by atoms with Gasteiger partial charge in [-0.1, -0.05) is 13.0 Å². The van der Waals surface area contributed by atoms with Crippen molar-refractivity contribution in [2.24, 2.45) is 0 Å². The van der Waals surface area contributed by atoms with E-state index in [4.69, 9.17) is 10.00 Å². The van der Waals surface area contributed by atoms with Crippen LogP contribution in [0.25, 0.3) is 0 Å². The van der Waals surface area contributed by atoms with E-state index in [1.807, 2.05) is 30.3 Å². The number of nitrogens with zero attached hydrogens (tertiary/aromatic N) is 2. The molecule has 2 rings (SSSR count). The first kappa shape index (κ1) is 13.7. The molecule has 102 valence electrons. The van der Waals surface area contributed by atoms with Gasteiger partial charge in [0, 0.05) is 30.9 Å². The largest absolute Gasteiger partial charge is 0.479 e. The van der Waals surface area contributed by atoms with Crippen LogP contribution in [0, 0.1) is 11.3 Å². The van der Waals surface area contributed by atoms with Gasteiger partial charge in [-0.15, -0.1) is 0 Å². The van der Waals surface area contributed by atoms with Crippen LogP contribution in [0.1, 0.15) is 19.8 Å². The fourth-order valence-electron chi connectivity index (χ4n) is 2.42. The third kappa shape index (κ3) is 4.15. The summed E-state index contributed by atoms with van der Waals surface area (Å²) in [6.45, 7) is 5.78. The second-order valence-electron chi connectivity index (χ2n) is 4.83. The molecular weight excluding hydrogens is 238 g/mol. The van der Waals surface area contributed by atoms with Crippen LogP contribution in [0.4, 0.5) is 5.69 Å². The lowest BCUT2D eigenvalue weighted by Crippen LogP contribution is -2.38. The summed E-state index contributed by atoms with van der Waals surface area (Å²) in [5, 5.41) is 12.1. The van der Waals surface area contributed by atoms with Crippen molar-refractivity contribution in [1.82, 2.24) is 4.90 Å². The zero-order valence-electron chi connectivity index (χ0n) is 11.4. The van der Waals surface area contributed by atoms with Crippen LogP contribution in [0.5, 0.6) is 5.75 Å². The molecule has 4 nitrogen and oxygen atoms in total. The molecule has 1 heterocycles. The minimum atomic E-state index is 0.0956. The highest BCUT2D eigenvalue weighted by atomic mass is 16.5. The van der Waals surface area contributed by atoms with Gasteiger partial charge in [0.1, 0.15) is 11.8 Å². The molecule has 0 unspecified atom stereocenters. The molecule has 0 saturated carbocycles. The fourth-order valence-corrected chi connectivity index (χ4v) is 2.42. The topological polar surface area (TPSA) is 48.3 Å². The van der Waals surface area contributed by atoms with Crippen LogP contribution in [-0.2, 0) is 0 Å². The molecule has 1 aliphatic rings. The smallest absolute Gasteiger partial charge is 0.174 e. The van der Waals surface area contributed by atoms with Gasteiger partial charge in [0.05, 0.1) is 0 Å². The van der Waals surface area contributed by atoms with Crippen LogP contribution in [-0.4, -0.2) is 37.2 Å². The molecule has 1 aromatic carbocycles. The SMILES string of the molecule is CCN1CCC(Nc2cccc(OCC#N)c2)CC1. The summed E-state index contributed by atoms with van der Waals surface area (Å²) in [5.41, 5.74) is 1.07. The molecule has 0 atom stereocenters. The Balaban J connectivity index is 1.87. The maximum atomic E-state index is 8.51. The molecule has 1 aliphatic heterocycles. The van der Waals surface area contributed by atoms with E-state index in [2.05, 4.69) is 17.1 Å². The summed E-state index contributed by atoms with van der Waals surface area (Å²) in [4.78, 5) is 2.48. The van der Waals surface area contributed by atoms with Crippen LogP contribution in [0.15, 0.2) is 24.3 Å². The molecule has 0 bridgehead atoms. The van der Waals surface area contributed by atoms with Gasteiger partial charge in [-0.05, 0) is 31.5 Å². The van der Waals surface area contributed by atoms with Gasteiger partial charge in [-0.25, -0.2) is 0 Å². The molecule has 1 fully saturated rings. The maximum Gasteiger partial charge on any atom is 0.174 e. The normalized spacial score (nSPS) is 16.8. The molecule has 4 heteroatoms. The van der Waals surface area contributed by atoms with Crippen LogP contribution in [0.2, 0.25) is 0 Å². The van der Waals surface area contributed by atoms with Crippen molar-refractivity contribution in [2.75, 3.05) is 31.6 Å². The molecular formula is C15H21N3O. The van der Waals surface area contributed by atoms with Crippen LogP contribution >= 0.6 is 0 Å². The minimum Gasteiger partial charge on any atom is -0.479 e. The van der Waals surface area contributed by atoms with E-state index in [-0.39, 0.29) is 6.61 Å². The van der Waals surface area contributed by atoms with Gasteiger partial charge >= 0.3 is 0 Å². The molecule has 0 aliphatic carbocycles. The van der Waals surface area contributed by atoms with E-state index in [1.165, 1.54) is 25.9 Å². The second-order valence-corrected chi connectivity index (χ2v) is 4.83. The van der Waals surface area contributed by atoms with Gasteiger partial charge in [0.25, 0.3) is 0 Å². The number of likely N-dealkylation sites (tertiary alicyclic amines) is 1. The van der Waals surface area contributed by atoms with Crippen molar-refractivity contribution in [3.8, 4) is 11.8 Å². The highest BCUT2D eigenvalue weighted by Crippen LogP contribution is 2.21. The number of piperidine rings is 1. The molecule has 0 amide bonds. The van der Waals surface area contributed by atoms with Crippen LogP contribution < -0.4 is 10.1 Å². The van der Waals surface area contributed by atoms with Crippen molar-refractivity contribution in [3.05, 3.63) is 24.3 Å². The highest BCUT2D eigenvalue weighted by Gasteiger charge is 2.17. The lowest BCUT2D eigenvalue weighted by atomic mass is 10.0. The summed E-state index contributed by atoms with van der Waals surface area (Å²) < 4.78 is 5.31. The lowest BCUT2D eigenvalue weighted by molar-refractivity contribution is 0.229. The molecule has 19 heavy (non-hydrogen) atoms. The number of ether oxygens (including phenoxy) is 1. The Morgan fingerprint density at radius 2 is 2.21 bits per heavy atom. The monoisotopic (exact) mass is 259 g/mol. The molecule has 1 saturated heterocycles. The van der Waals surface area contributed by atoms with Gasteiger partial charge in [0.2, 0.25) is 0 Å². The van der Waals surface area contributed by atoms with Crippen LogP contribution in [0.3, 0.4) is 0 Å². The van der Waals surface area contributed by atoms with E-state index in [0.717, 1.165) is 18.0 Å². The molecule has 0 radical (unpaired) electrons. The predicted octanol–water partition coefficient (Wildman–Crippen LogP) is 2.49. The Labute approximate surface area is 115 Å². The van der Waals surface area contributed by atoms with E-state index in [9.17, 15) is 0 Å². The summed E-state index contributed by atoms with van der Waals surface area (Å²) in [6, 6.07) is 10.4. The Morgan fingerprint density at radius 3 is 2.89 bits per heavy atom. The Kier molecular flexibility index (Phi) is 5.05. The molecule has 0 spiro atoms. The summed E-state index contributed by atoms with van der Waals surface area (Å²) in [6.07, 6.45) is 2.36. The fraction of sp³-hybridized carbons (Fsp3) is 0.533. The van der Waals surface area contributed by atoms with Gasteiger partial charge in [-0.3, -0.25) is 0 Å². The van der Waals surface area contributed by atoms with Crippen molar-refractivity contribution >= 4 is 5.69 Å². The van der Waals surface area contributed by atoms with Crippen molar-refractivity contribution < 1.29 is 4.74 Å². The molecule has 1 N–H and O–H groups in total. The average molecular weight is 259 g/mol. The predicted molar refractivity (Wildman–Crippen MR) is 76.3 cm³/mol. The maximum absolute atomic E-state index is 8.51. The van der Waals surface area contributed by atoms with E-state index < -0.39 is 0 Å². The number of rotatable bonds is 5. The Morgan fingerprint density at radius 1 is 1.42 bits per heavy atom. The minimum absolute atomic E-state index is 0.0956. The molecule has 0 aromatic heterocycles. The second kappa shape index (κ2) is 7.01. The van der Waals surface area contributed by atoms with Crippen molar-refractivity contribution in [3.63, 3.8) is 0 Å². The zero-order chi connectivity index (χ0) is 13.5. The lowest BCUT2D eigenvalue weighted by Gasteiger charge is -2.32. The average Bonchev–Trinajstić information content (AvgIpc) is 2.46. The Bertz CT molecular complexity index is 433. The number of benzene rings is 1.